The average Bonchev–Trinajstić information content (AvgIpc) is 2.64. The summed E-state index contributed by atoms with van der Waals surface area (Å²) in [5.74, 6) is -0.0742. The van der Waals surface area contributed by atoms with E-state index in [0.29, 0.717) is 17.9 Å². The van der Waals surface area contributed by atoms with Gasteiger partial charge in [-0.25, -0.2) is 13.1 Å². The highest BCUT2D eigenvalue weighted by Crippen LogP contribution is 2.15. The van der Waals surface area contributed by atoms with Crippen LogP contribution in [-0.4, -0.2) is 48.6 Å². The number of aromatic nitrogens is 2. The summed E-state index contributed by atoms with van der Waals surface area (Å²) in [5, 5.41) is 6.52. The van der Waals surface area contributed by atoms with Gasteiger partial charge in [0.05, 0.1) is 11.4 Å². The van der Waals surface area contributed by atoms with Crippen molar-refractivity contribution in [3.63, 3.8) is 0 Å². The predicted molar refractivity (Wildman–Crippen MR) is 75.8 cm³/mol. The zero-order valence-electron chi connectivity index (χ0n) is 12.5. The van der Waals surface area contributed by atoms with Gasteiger partial charge in [0.2, 0.25) is 15.9 Å². The summed E-state index contributed by atoms with van der Waals surface area (Å²) in [5.41, 5.74) is 0.935. The van der Waals surface area contributed by atoms with E-state index in [4.69, 9.17) is 0 Å². The van der Waals surface area contributed by atoms with Gasteiger partial charge < -0.3 is 4.90 Å². The summed E-state index contributed by atoms with van der Waals surface area (Å²) in [6.07, 6.45) is 0. The van der Waals surface area contributed by atoms with E-state index in [1.54, 1.807) is 18.7 Å². The van der Waals surface area contributed by atoms with Crippen molar-refractivity contribution in [3.8, 4) is 0 Å². The van der Waals surface area contributed by atoms with Crippen LogP contribution in [0.4, 0.5) is 0 Å². The molecule has 20 heavy (non-hydrogen) atoms. The van der Waals surface area contributed by atoms with Crippen LogP contribution in [-0.2, 0) is 14.8 Å². The maximum Gasteiger partial charge on any atom is 0.244 e. The van der Waals surface area contributed by atoms with Gasteiger partial charge in [-0.1, -0.05) is 0 Å². The van der Waals surface area contributed by atoms with Gasteiger partial charge in [0, 0.05) is 26.1 Å². The normalized spacial score (nSPS) is 11.9. The van der Waals surface area contributed by atoms with Gasteiger partial charge in [-0.15, -0.1) is 0 Å². The van der Waals surface area contributed by atoms with Gasteiger partial charge in [0.15, 0.2) is 0 Å². The van der Waals surface area contributed by atoms with E-state index >= 15 is 0 Å². The molecule has 0 aliphatic rings. The molecule has 1 amide bonds. The van der Waals surface area contributed by atoms with Crippen molar-refractivity contribution in [1.29, 1.82) is 0 Å². The van der Waals surface area contributed by atoms with Crippen molar-refractivity contribution >= 4 is 15.9 Å². The van der Waals surface area contributed by atoms with E-state index in [-0.39, 0.29) is 23.4 Å². The fourth-order valence-electron chi connectivity index (χ4n) is 2.09. The van der Waals surface area contributed by atoms with Crippen LogP contribution in [0.25, 0.3) is 0 Å². The largest absolute Gasteiger partial charge is 0.339 e. The lowest BCUT2D eigenvalue weighted by Gasteiger charge is -2.25. The third-order valence-electron chi connectivity index (χ3n) is 3.00. The molecular formula is C12H22N4O3S. The predicted octanol–water partition coefficient (Wildman–Crippen LogP) is 0.562. The quantitative estimate of drug-likeness (QED) is 0.802. The second kappa shape index (κ2) is 6.36. The molecule has 0 bridgehead atoms. The van der Waals surface area contributed by atoms with Gasteiger partial charge in [-0.3, -0.25) is 9.89 Å². The Labute approximate surface area is 119 Å². The molecule has 0 aliphatic heterocycles. The molecule has 2 N–H and O–H groups in total. The Morgan fingerprint density at radius 3 is 2.40 bits per heavy atom. The maximum atomic E-state index is 12.2. The van der Waals surface area contributed by atoms with Crippen molar-refractivity contribution in [3.05, 3.63) is 11.4 Å². The van der Waals surface area contributed by atoms with E-state index in [0.717, 1.165) is 0 Å². The molecule has 0 atom stereocenters. The number of amides is 1. The molecule has 1 heterocycles. The lowest BCUT2D eigenvalue weighted by Crippen LogP contribution is -2.41. The highest BCUT2D eigenvalue weighted by Gasteiger charge is 2.22. The number of carbonyl (C=O) groups excluding carboxylic acids is 1. The average molecular weight is 302 g/mol. The molecule has 0 saturated carbocycles. The number of H-pyrrole nitrogens is 1. The molecule has 0 unspecified atom stereocenters. The molecule has 0 aliphatic carbocycles. The van der Waals surface area contributed by atoms with Crippen LogP contribution in [0.1, 0.15) is 32.2 Å². The maximum absolute atomic E-state index is 12.2. The van der Waals surface area contributed by atoms with Crippen molar-refractivity contribution in [2.45, 2.75) is 45.6 Å². The first kappa shape index (κ1) is 16.6. The van der Waals surface area contributed by atoms with Gasteiger partial charge in [-0.2, -0.15) is 5.10 Å². The van der Waals surface area contributed by atoms with Crippen LogP contribution in [0.3, 0.4) is 0 Å². The fraction of sp³-hybridized carbons (Fsp3) is 0.667. The minimum absolute atomic E-state index is 0.0365. The Morgan fingerprint density at radius 1 is 1.40 bits per heavy atom. The van der Waals surface area contributed by atoms with Crippen LogP contribution in [0.5, 0.6) is 0 Å². The van der Waals surface area contributed by atoms with E-state index in [1.165, 1.54) is 6.92 Å². The Hall–Kier alpha value is -1.41. The van der Waals surface area contributed by atoms with Crippen molar-refractivity contribution in [2.75, 3.05) is 13.1 Å². The van der Waals surface area contributed by atoms with Crippen LogP contribution in [0, 0.1) is 13.8 Å². The zero-order valence-corrected chi connectivity index (χ0v) is 13.3. The first-order chi connectivity index (χ1) is 9.16. The van der Waals surface area contributed by atoms with Gasteiger partial charge >= 0.3 is 0 Å². The van der Waals surface area contributed by atoms with Crippen LogP contribution < -0.4 is 4.72 Å². The Balaban J connectivity index is 2.72. The van der Waals surface area contributed by atoms with E-state index in [9.17, 15) is 13.2 Å². The van der Waals surface area contributed by atoms with Crippen LogP contribution in [0.15, 0.2) is 4.90 Å². The number of hydrogen-bond acceptors (Lipinski definition) is 4. The molecule has 1 aromatic rings. The van der Waals surface area contributed by atoms with Crippen molar-refractivity contribution in [1.82, 2.24) is 19.8 Å². The number of aryl methyl sites for hydroxylation is 2. The Bertz CT molecular complexity index is 558. The molecule has 7 nitrogen and oxygen atoms in total. The molecule has 1 rings (SSSR count). The molecule has 0 aromatic carbocycles. The number of nitrogens with one attached hydrogen (secondary N) is 2. The summed E-state index contributed by atoms with van der Waals surface area (Å²) >= 11 is 0. The molecule has 8 heteroatoms. The third kappa shape index (κ3) is 3.80. The first-order valence-electron chi connectivity index (χ1n) is 6.45. The lowest BCUT2D eigenvalue weighted by molar-refractivity contribution is -0.130. The highest BCUT2D eigenvalue weighted by molar-refractivity contribution is 7.89. The molecule has 0 fully saturated rings. The lowest BCUT2D eigenvalue weighted by atomic mass is 10.3. The summed E-state index contributed by atoms with van der Waals surface area (Å²) in [6, 6.07) is 0.0365. The number of nitrogens with zero attached hydrogens (tertiary/aromatic N) is 2. The summed E-state index contributed by atoms with van der Waals surface area (Å²) in [4.78, 5) is 13.2. The van der Waals surface area contributed by atoms with E-state index in [2.05, 4.69) is 14.9 Å². The minimum atomic E-state index is -3.61. The molecule has 1 aromatic heterocycles. The molecular weight excluding hydrogens is 280 g/mol. The van der Waals surface area contributed by atoms with Gasteiger partial charge in [-0.05, 0) is 27.7 Å². The third-order valence-corrected chi connectivity index (χ3v) is 4.73. The second-order valence-electron chi connectivity index (χ2n) is 4.97. The topological polar surface area (TPSA) is 95.2 Å². The summed E-state index contributed by atoms with van der Waals surface area (Å²) in [7, 11) is -3.61. The summed E-state index contributed by atoms with van der Waals surface area (Å²) in [6.45, 7) is 9.05. The van der Waals surface area contributed by atoms with E-state index in [1.807, 2.05) is 13.8 Å². The first-order valence-corrected chi connectivity index (χ1v) is 7.93. The number of sulfonamides is 1. The Kier molecular flexibility index (Phi) is 5.29. The van der Waals surface area contributed by atoms with Crippen molar-refractivity contribution in [2.24, 2.45) is 0 Å². The number of rotatable bonds is 6. The van der Waals surface area contributed by atoms with Gasteiger partial charge in [0.1, 0.15) is 4.90 Å². The second-order valence-corrected chi connectivity index (χ2v) is 6.67. The van der Waals surface area contributed by atoms with Crippen LogP contribution in [0.2, 0.25) is 0 Å². The monoisotopic (exact) mass is 302 g/mol. The number of hydrogen-bond donors (Lipinski definition) is 2. The van der Waals surface area contributed by atoms with Crippen molar-refractivity contribution < 1.29 is 13.2 Å². The Morgan fingerprint density at radius 2 is 2.00 bits per heavy atom. The molecule has 0 saturated heterocycles. The fourth-order valence-corrected chi connectivity index (χ4v) is 3.48. The number of carbonyl (C=O) groups is 1. The van der Waals surface area contributed by atoms with Crippen LogP contribution >= 0.6 is 0 Å². The SMILES string of the molecule is CC(=O)N(CCNS(=O)(=O)c1c(C)n[nH]c1C)C(C)C. The highest BCUT2D eigenvalue weighted by atomic mass is 32.2. The van der Waals surface area contributed by atoms with Gasteiger partial charge in [0.25, 0.3) is 0 Å². The molecule has 0 spiro atoms. The number of aromatic amines is 1. The standard InChI is InChI=1S/C12H22N4O3S/c1-8(2)16(11(5)17)7-6-13-20(18,19)12-9(3)14-15-10(12)4/h8,13H,6-7H2,1-5H3,(H,14,15). The van der Waals surface area contributed by atoms with E-state index < -0.39 is 10.0 Å². The zero-order chi connectivity index (χ0) is 15.5. The minimum Gasteiger partial charge on any atom is -0.339 e. The molecule has 0 radical (unpaired) electrons. The summed E-state index contributed by atoms with van der Waals surface area (Å²) < 4.78 is 26.9. The smallest absolute Gasteiger partial charge is 0.244 e. The molecule has 114 valence electrons.